The normalized spacial score (nSPS) is 18.3. The van der Waals surface area contributed by atoms with Crippen LogP contribution in [0.3, 0.4) is 0 Å². The van der Waals surface area contributed by atoms with Crippen molar-refractivity contribution in [3.8, 4) is 0 Å². The number of nitrogens with one attached hydrogen (secondary N) is 1. The number of rotatable bonds is 8. The maximum atomic E-state index is 13.6. The van der Waals surface area contributed by atoms with Crippen molar-refractivity contribution < 1.29 is 4.39 Å². The van der Waals surface area contributed by atoms with Crippen LogP contribution in [0.4, 0.5) is 10.1 Å². The summed E-state index contributed by atoms with van der Waals surface area (Å²) in [6.07, 6.45) is 5.32. The van der Waals surface area contributed by atoms with Crippen LogP contribution in [0, 0.1) is 17.7 Å². The van der Waals surface area contributed by atoms with Crippen molar-refractivity contribution >= 4 is 5.69 Å². The molecule has 3 rings (SSSR count). The predicted molar refractivity (Wildman–Crippen MR) is 86.0 cm³/mol. The molecule has 1 aromatic rings. The molecule has 0 amide bonds. The molecule has 3 heteroatoms. The monoisotopic (exact) mass is 290 g/mol. The Morgan fingerprint density at radius 3 is 2.62 bits per heavy atom. The fourth-order valence-corrected chi connectivity index (χ4v) is 2.88. The van der Waals surface area contributed by atoms with Crippen LogP contribution in [-0.2, 0) is 6.54 Å². The molecule has 2 fully saturated rings. The van der Waals surface area contributed by atoms with Gasteiger partial charge in [-0.3, -0.25) is 0 Å². The summed E-state index contributed by atoms with van der Waals surface area (Å²) in [7, 11) is 0. The van der Waals surface area contributed by atoms with Crippen LogP contribution in [0.5, 0.6) is 0 Å². The molecular formula is C18H27FN2. The first-order chi connectivity index (χ1) is 10.1. The number of anilines is 1. The lowest BCUT2D eigenvalue weighted by molar-refractivity contribution is 0.549. The van der Waals surface area contributed by atoms with E-state index in [0.717, 1.165) is 31.1 Å². The highest BCUT2D eigenvalue weighted by molar-refractivity contribution is 5.55. The smallest absolute Gasteiger partial charge is 0.123 e. The molecule has 0 aliphatic heterocycles. The van der Waals surface area contributed by atoms with Gasteiger partial charge in [0.05, 0.1) is 0 Å². The van der Waals surface area contributed by atoms with Gasteiger partial charge in [0, 0.05) is 24.8 Å². The third-order valence-corrected chi connectivity index (χ3v) is 4.36. The summed E-state index contributed by atoms with van der Waals surface area (Å²) in [6, 6.07) is 6.01. The van der Waals surface area contributed by atoms with Crippen LogP contribution >= 0.6 is 0 Å². The molecule has 2 aliphatic rings. The molecule has 0 heterocycles. The summed E-state index contributed by atoms with van der Waals surface area (Å²) >= 11 is 0. The number of hydrogen-bond acceptors (Lipinski definition) is 2. The van der Waals surface area contributed by atoms with Gasteiger partial charge >= 0.3 is 0 Å². The zero-order valence-corrected chi connectivity index (χ0v) is 13.2. The lowest BCUT2D eigenvalue weighted by Gasteiger charge is -2.27. The van der Waals surface area contributed by atoms with Crippen molar-refractivity contribution in [2.24, 2.45) is 11.8 Å². The molecule has 2 saturated carbocycles. The van der Waals surface area contributed by atoms with Crippen LogP contribution in [0.2, 0.25) is 0 Å². The fourth-order valence-electron chi connectivity index (χ4n) is 2.88. The second kappa shape index (κ2) is 6.35. The standard InChI is InChI=1S/C18H27FN2/c1-13(2)10-20-11-15-9-16(19)5-8-18(15)21(17-6-7-17)12-14-3-4-14/h5,8-9,13-14,17,20H,3-4,6-7,10-12H2,1-2H3. The summed E-state index contributed by atoms with van der Waals surface area (Å²) in [5.74, 6) is 1.36. The lowest BCUT2D eigenvalue weighted by atomic mass is 10.1. The minimum atomic E-state index is -0.123. The molecule has 1 N–H and O–H groups in total. The van der Waals surface area contributed by atoms with Gasteiger partial charge in [0.1, 0.15) is 5.82 Å². The molecule has 0 atom stereocenters. The molecule has 21 heavy (non-hydrogen) atoms. The van der Waals surface area contributed by atoms with Crippen molar-refractivity contribution in [2.75, 3.05) is 18.0 Å². The van der Waals surface area contributed by atoms with E-state index in [1.165, 1.54) is 31.4 Å². The zero-order valence-electron chi connectivity index (χ0n) is 13.2. The molecule has 0 saturated heterocycles. The van der Waals surface area contributed by atoms with Crippen LogP contribution in [0.1, 0.15) is 45.1 Å². The minimum Gasteiger partial charge on any atom is -0.368 e. The molecule has 0 aromatic heterocycles. The molecular weight excluding hydrogens is 263 g/mol. The number of halogens is 1. The molecule has 2 nitrogen and oxygen atoms in total. The second-order valence-electron chi connectivity index (χ2n) is 7.12. The van der Waals surface area contributed by atoms with Crippen molar-refractivity contribution in [1.82, 2.24) is 5.32 Å². The molecule has 0 unspecified atom stereocenters. The van der Waals surface area contributed by atoms with E-state index in [1.54, 1.807) is 12.1 Å². The van der Waals surface area contributed by atoms with Gasteiger partial charge < -0.3 is 10.2 Å². The van der Waals surface area contributed by atoms with Gasteiger partial charge in [0.2, 0.25) is 0 Å². The largest absolute Gasteiger partial charge is 0.368 e. The van der Waals surface area contributed by atoms with Crippen LogP contribution in [0.25, 0.3) is 0 Å². The SMILES string of the molecule is CC(C)CNCc1cc(F)ccc1N(CC1CC1)C1CC1. The first-order valence-electron chi connectivity index (χ1n) is 8.39. The highest BCUT2D eigenvalue weighted by atomic mass is 19.1. The van der Waals surface area contributed by atoms with Crippen molar-refractivity contribution in [1.29, 1.82) is 0 Å². The minimum absolute atomic E-state index is 0.123. The quantitative estimate of drug-likeness (QED) is 0.780. The van der Waals surface area contributed by atoms with E-state index < -0.39 is 0 Å². The second-order valence-corrected chi connectivity index (χ2v) is 7.12. The van der Waals surface area contributed by atoms with Gasteiger partial charge in [0.15, 0.2) is 0 Å². The Hall–Kier alpha value is -1.09. The molecule has 0 spiro atoms. The molecule has 116 valence electrons. The first kappa shape index (κ1) is 14.8. The maximum absolute atomic E-state index is 13.6. The third-order valence-electron chi connectivity index (χ3n) is 4.36. The first-order valence-corrected chi connectivity index (χ1v) is 8.39. The number of nitrogens with zero attached hydrogens (tertiary/aromatic N) is 1. The van der Waals surface area contributed by atoms with Gasteiger partial charge in [-0.25, -0.2) is 4.39 Å². The summed E-state index contributed by atoms with van der Waals surface area (Å²) in [6.45, 7) is 7.29. The summed E-state index contributed by atoms with van der Waals surface area (Å²) in [5, 5.41) is 3.46. The van der Waals surface area contributed by atoms with E-state index >= 15 is 0 Å². The van der Waals surface area contributed by atoms with E-state index in [-0.39, 0.29) is 5.82 Å². The highest BCUT2D eigenvalue weighted by Crippen LogP contribution is 2.39. The van der Waals surface area contributed by atoms with Crippen molar-refractivity contribution in [2.45, 2.75) is 52.1 Å². The van der Waals surface area contributed by atoms with Gasteiger partial charge in [-0.05, 0) is 67.8 Å². The van der Waals surface area contributed by atoms with Gasteiger partial charge in [0.25, 0.3) is 0 Å². The summed E-state index contributed by atoms with van der Waals surface area (Å²) in [5.41, 5.74) is 2.37. The van der Waals surface area contributed by atoms with Gasteiger partial charge in [-0.2, -0.15) is 0 Å². The van der Waals surface area contributed by atoms with Crippen molar-refractivity contribution in [3.05, 3.63) is 29.6 Å². The van der Waals surface area contributed by atoms with E-state index in [1.807, 2.05) is 6.07 Å². The predicted octanol–water partition coefficient (Wildman–Crippen LogP) is 3.95. The molecule has 1 aromatic carbocycles. The van der Waals surface area contributed by atoms with E-state index in [0.29, 0.717) is 12.0 Å². The summed E-state index contributed by atoms with van der Waals surface area (Å²) in [4.78, 5) is 2.55. The zero-order chi connectivity index (χ0) is 14.8. The van der Waals surface area contributed by atoms with Gasteiger partial charge in [-0.1, -0.05) is 13.8 Å². The molecule has 0 radical (unpaired) electrons. The van der Waals surface area contributed by atoms with E-state index in [9.17, 15) is 4.39 Å². The molecule has 2 aliphatic carbocycles. The topological polar surface area (TPSA) is 15.3 Å². The lowest BCUT2D eigenvalue weighted by Crippen LogP contribution is -2.30. The Morgan fingerprint density at radius 2 is 2.00 bits per heavy atom. The average Bonchev–Trinajstić information content (AvgIpc) is 3.30. The third kappa shape index (κ3) is 4.19. The van der Waals surface area contributed by atoms with Crippen LogP contribution < -0.4 is 10.2 Å². The Labute approximate surface area is 127 Å². The fraction of sp³-hybridized carbons (Fsp3) is 0.667. The Kier molecular flexibility index (Phi) is 4.48. The van der Waals surface area contributed by atoms with Crippen molar-refractivity contribution in [3.63, 3.8) is 0 Å². The van der Waals surface area contributed by atoms with E-state index in [4.69, 9.17) is 0 Å². The Bertz CT molecular complexity index is 478. The van der Waals surface area contributed by atoms with Gasteiger partial charge in [-0.15, -0.1) is 0 Å². The highest BCUT2D eigenvalue weighted by Gasteiger charge is 2.34. The van der Waals surface area contributed by atoms with Crippen LogP contribution in [0.15, 0.2) is 18.2 Å². The average molecular weight is 290 g/mol. The number of hydrogen-bond donors (Lipinski definition) is 1. The summed E-state index contributed by atoms with van der Waals surface area (Å²) < 4.78 is 13.6. The van der Waals surface area contributed by atoms with E-state index in [2.05, 4.69) is 24.1 Å². The Morgan fingerprint density at radius 1 is 1.24 bits per heavy atom. The maximum Gasteiger partial charge on any atom is 0.123 e. The number of benzene rings is 1. The van der Waals surface area contributed by atoms with Crippen LogP contribution in [-0.4, -0.2) is 19.1 Å². The molecule has 0 bridgehead atoms. The Balaban J connectivity index is 1.74.